The fourth-order valence-corrected chi connectivity index (χ4v) is 3.41. The first kappa shape index (κ1) is 16.0. The van der Waals surface area contributed by atoms with Gasteiger partial charge < -0.3 is 9.64 Å². The molecule has 1 saturated heterocycles. The molecule has 1 aromatic heterocycles. The van der Waals surface area contributed by atoms with E-state index in [0.717, 1.165) is 43.4 Å². The number of hydrogen-bond acceptors (Lipinski definition) is 5. The molecule has 2 heterocycles. The van der Waals surface area contributed by atoms with Crippen LogP contribution in [0.5, 0.6) is 5.75 Å². The Hall–Kier alpha value is -1.92. The number of thiazole rings is 1. The Balaban J connectivity index is 1.59. The first-order valence-corrected chi connectivity index (χ1v) is 8.61. The molecule has 1 aliphatic rings. The van der Waals surface area contributed by atoms with E-state index in [1.165, 1.54) is 0 Å². The molecule has 0 atom stereocenters. The maximum absolute atomic E-state index is 12.7. The molecule has 1 fully saturated rings. The number of aromatic nitrogens is 1. The van der Waals surface area contributed by atoms with Crippen LogP contribution < -0.4 is 4.74 Å². The second-order valence-corrected chi connectivity index (χ2v) is 6.69. The van der Waals surface area contributed by atoms with Gasteiger partial charge in [-0.25, -0.2) is 4.98 Å². The van der Waals surface area contributed by atoms with E-state index in [2.05, 4.69) is 15.3 Å². The van der Waals surface area contributed by atoms with Gasteiger partial charge in [0.1, 0.15) is 5.75 Å². The Bertz CT molecular complexity index is 678. The van der Waals surface area contributed by atoms with E-state index in [-0.39, 0.29) is 5.91 Å². The van der Waals surface area contributed by atoms with Crippen molar-refractivity contribution in [3.63, 3.8) is 0 Å². The Morgan fingerprint density at radius 3 is 2.65 bits per heavy atom. The first-order valence-electron chi connectivity index (χ1n) is 7.73. The second kappa shape index (κ2) is 7.10. The van der Waals surface area contributed by atoms with Crippen LogP contribution in [0.25, 0.3) is 0 Å². The summed E-state index contributed by atoms with van der Waals surface area (Å²) in [5, 5.41) is 3.21. The standard InChI is InChI=1S/C17H21N3O2S/c1-13-18-14(12-23-13)11-19-7-9-20(10-8-19)17(21)15-5-3-4-6-16(15)22-2/h3-6,12H,7-11H2,1-2H3. The molecule has 23 heavy (non-hydrogen) atoms. The van der Waals surface area contributed by atoms with Crippen molar-refractivity contribution in [2.24, 2.45) is 0 Å². The number of carbonyl (C=O) groups is 1. The highest BCUT2D eigenvalue weighted by Crippen LogP contribution is 2.20. The van der Waals surface area contributed by atoms with E-state index in [4.69, 9.17) is 4.74 Å². The maximum atomic E-state index is 12.7. The summed E-state index contributed by atoms with van der Waals surface area (Å²) in [6, 6.07) is 7.40. The van der Waals surface area contributed by atoms with Crippen LogP contribution in [-0.2, 0) is 6.54 Å². The van der Waals surface area contributed by atoms with Gasteiger partial charge in [-0.1, -0.05) is 12.1 Å². The molecule has 1 aliphatic heterocycles. The van der Waals surface area contributed by atoms with Crippen molar-refractivity contribution in [1.29, 1.82) is 0 Å². The minimum atomic E-state index is 0.0478. The van der Waals surface area contributed by atoms with Crippen LogP contribution in [0.3, 0.4) is 0 Å². The lowest BCUT2D eigenvalue weighted by Crippen LogP contribution is -2.48. The van der Waals surface area contributed by atoms with Gasteiger partial charge in [0.25, 0.3) is 5.91 Å². The van der Waals surface area contributed by atoms with Crippen molar-refractivity contribution >= 4 is 17.2 Å². The van der Waals surface area contributed by atoms with Gasteiger partial charge in [0.05, 0.1) is 23.4 Å². The SMILES string of the molecule is COc1ccccc1C(=O)N1CCN(Cc2csc(C)n2)CC1. The average Bonchev–Trinajstić information content (AvgIpc) is 3.00. The van der Waals surface area contributed by atoms with Crippen molar-refractivity contribution in [3.05, 3.63) is 45.9 Å². The summed E-state index contributed by atoms with van der Waals surface area (Å²) < 4.78 is 5.29. The molecule has 3 rings (SSSR count). The second-order valence-electron chi connectivity index (χ2n) is 5.63. The van der Waals surface area contributed by atoms with Crippen molar-refractivity contribution < 1.29 is 9.53 Å². The van der Waals surface area contributed by atoms with Crippen LogP contribution in [0.1, 0.15) is 21.1 Å². The number of hydrogen-bond donors (Lipinski definition) is 0. The smallest absolute Gasteiger partial charge is 0.257 e. The summed E-state index contributed by atoms with van der Waals surface area (Å²) in [5.41, 5.74) is 1.76. The van der Waals surface area contributed by atoms with Gasteiger partial charge in [-0.05, 0) is 19.1 Å². The van der Waals surface area contributed by atoms with E-state index in [9.17, 15) is 4.79 Å². The zero-order valence-corrected chi connectivity index (χ0v) is 14.3. The molecule has 0 N–H and O–H groups in total. The zero-order valence-electron chi connectivity index (χ0n) is 13.5. The monoisotopic (exact) mass is 331 g/mol. The molecular formula is C17H21N3O2S. The first-order chi connectivity index (χ1) is 11.2. The van der Waals surface area contributed by atoms with E-state index < -0.39 is 0 Å². The fraction of sp³-hybridized carbons (Fsp3) is 0.412. The number of benzene rings is 1. The third kappa shape index (κ3) is 3.71. The third-order valence-corrected chi connectivity index (χ3v) is 4.87. The molecule has 1 amide bonds. The number of carbonyl (C=O) groups excluding carboxylic acids is 1. The topological polar surface area (TPSA) is 45.7 Å². The molecule has 0 saturated carbocycles. The lowest BCUT2D eigenvalue weighted by atomic mass is 10.1. The lowest BCUT2D eigenvalue weighted by Gasteiger charge is -2.34. The summed E-state index contributed by atoms with van der Waals surface area (Å²) in [4.78, 5) is 21.4. The predicted molar refractivity (Wildman–Crippen MR) is 91.0 cm³/mol. The summed E-state index contributed by atoms with van der Waals surface area (Å²) >= 11 is 1.68. The Morgan fingerprint density at radius 1 is 1.26 bits per heavy atom. The molecule has 0 bridgehead atoms. The van der Waals surface area contributed by atoms with Gasteiger partial charge >= 0.3 is 0 Å². The number of nitrogens with zero attached hydrogens (tertiary/aromatic N) is 3. The number of methoxy groups -OCH3 is 1. The molecule has 0 radical (unpaired) electrons. The van der Waals surface area contributed by atoms with E-state index in [1.54, 1.807) is 18.4 Å². The van der Waals surface area contributed by atoms with Crippen molar-refractivity contribution in [2.75, 3.05) is 33.3 Å². The lowest BCUT2D eigenvalue weighted by molar-refractivity contribution is 0.0624. The van der Waals surface area contributed by atoms with Crippen molar-refractivity contribution in [2.45, 2.75) is 13.5 Å². The number of ether oxygens (including phenoxy) is 1. The van der Waals surface area contributed by atoms with Crippen molar-refractivity contribution in [1.82, 2.24) is 14.8 Å². The van der Waals surface area contributed by atoms with Crippen LogP contribution in [0.4, 0.5) is 0 Å². The highest BCUT2D eigenvalue weighted by molar-refractivity contribution is 7.09. The number of para-hydroxylation sites is 1. The van der Waals surface area contributed by atoms with Gasteiger partial charge in [0.2, 0.25) is 0 Å². The van der Waals surface area contributed by atoms with Gasteiger partial charge in [-0.2, -0.15) is 0 Å². The summed E-state index contributed by atoms with van der Waals surface area (Å²) in [6.07, 6.45) is 0. The number of amides is 1. The molecule has 2 aromatic rings. The van der Waals surface area contributed by atoms with Gasteiger partial charge in [-0.15, -0.1) is 11.3 Å². The quantitative estimate of drug-likeness (QED) is 0.863. The number of rotatable bonds is 4. The minimum Gasteiger partial charge on any atom is -0.496 e. The minimum absolute atomic E-state index is 0.0478. The van der Waals surface area contributed by atoms with Crippen LogP contribution >= 0.6 is 11.3 Å². The predicted octanol–water partition coefficient (Wildman–Crippen LogP) is 2.42. The van der Waals surface area contributed by atoms with Crippen LogP contribution in [0, 0.1) is 6.92 Å². The third-order valence-electron chi connectivity index (χ3n) is 4.05. The van der Waals surface area contributed by atoms with Gasteiger partial charge in [-0.3, -0.25) is 9.69 Å². The molecule has 0 aliphatic carbocycles. The van der Waals surface area contributed by atoms with Crippen LogP contribution in [0.2, 0.25) is 0 Å². The average molecular weight is 331 g/mol. The molecule has 0 spiro atoms. The number of aryl methyl sites for hydroxylation is 1. The summed E-state index contributed by atoms with van der Waals surface area (Å²) in [7, 11) is 1.60. The highest BCUT2D eigenvalue weighted by Gasteiger charge is 2.24. The summed E-state index contributed by atoms with van der Waals surface area (Å²) in [5.74, 6) is 0.685. The van der Waals surface area contributed by atoms with E-state index >= 15 is 0 Å². The Kier molecular flexibility index (Phi) is 4.93. The van der Waals surface area contributed by atoms with E-state index in [1.807, 2.05) is 36.1 Å². The largest absolute Gasteiger partial charge is 0.496 e. The molecule has 122 valence electrons. The molecule has 5 nitrogen and oxygen atoms in total. The molecule has 1 aromatic carbocycles. The Morgan fingerprint density at radius 2 is 2.00 bits per heavy atom. The summed E-state index contributed by atoms with van der Waals surface area (Å²) in [6.45, 7) is 6.11. The molecule has 6 heteroatoms. The highest BCUT2D eigenvalue weighted by atomic mass is 32.1. The Labute approximate surface area is 140 Å². The van der Waals surface area contributed by atoms with Gasteiger partial charge in [0.15, 0.2) is 0 Å². The fourth-order valence-electron chi connectivity index (χ4n) is 2.81. The van der Waals surface area contributed by atoms with Gasteiger partial charge in [0, 0.05) is 38.1 Å². The molecular weight excluding hydrogens is 310 g/mol. The van der Waals surface area contributed by atoms with Crippen LogP contribution in [0.15, 0.2) is 29.6 Å². The van der Waals surface area contributed by atoms with Crippen LogP contribution in [-0.4, -0.2) is 54.0 Å². The zero-order chi connectivity index (χ0) is 16.2. The van der Waals surface area contributed by atoms with E-state index in [0.29, 0.717) is 11.3 Å². The van der Waals surface area contributed by atoms with Crippen molar-refractivity contribution in [3.8, 4) is 5.75 Å². The normalized spacial score (nSPS) is 15.7. The maximum Gasteiger partial charge on any atom is 0.257 e. The molecule has 0 unspecified atom stereocenters. The number of piperazine rings is 1.